The van der Waals surface area contributed by atoms with Gasteiger partial charge < -0.3 is 4.57 Å². The van der Waals surface area contributed by atoms with Crippen molar-refractivity contribution in [2.24, 2.45) is 12.0 Å². The van der Waals surface area contributed by atoms with Crippen molar-refractivity contribution in [3.05, 3.63) is 62.1 Å². The molecule has 0 fully saturated rings. The fourth-order valence-corrected chi connectivity index (χ4v) is 5.00. The summed E-state index contributed by atoms with van der Waals surface area (Å²) in [6, 6.07) is 12.7. The van der Waals surface area contributed by atoms with Gasteiger partial charge >= 0.3 is 0 Å². The van der Waals surface area contributed by atoms with Crippen molar-refractivity contribution in [1.82, 2.24) is 8.87 Å². The summed E-state index contributed by atoms with van der Waals surface area (Å²) < 4.78 is 29.1. The fourth-order valence-electron chi connectivity index (χ4n) is 2.42. The van der Waals surface area contributed by atoms with Gasteiger partial charge in [0.2, 0.25) is 10.0 Å². The number of sulfonamides is 1. The van der Waals surface area contributed by atoms with Crippen LogP contribution in [0.3, 0.4) is 0 Å². The molecule has 27 heavy (non-hydrogen) atoms. The molecule has 9 heteroatoms. The van der Waals surface area contributed by atoms with Gasteiger partial charge in [0.05, 0.1) is 16.4 Å². The maximum atomic E-state index is 12.5. The van der Waals surface area contributed by atoms with Crippen LogP contribution in [0.5, 0.6) is 0 Å². The Labute approximate surface area is 175 Å². The van der Waals surface area contributed by atoms with Crippen LogP contribution in [0.1, 0.15) is 0 Å². The average molecular weight is 487 g/mol. The molecule has 0 aliphatic carbocycles. The first kappa shape index (κ1) is 20.3. The third-order valence-corrected chi connectivity index (χ3v) is 7.70. The third kappa shape index (κ3) is 4.20. The highest BCUT2D eigenvalue weighted by Crippen LogP contribution is 2.29. The van der Waals surface area contributed by atoms with E-state index in [-0.39, 0.29) is 9.92 Å². The van der Waals surface area contributed by atoms with E-state index in [2.05, 4.69) is 20.9 Å². The van der Waals surface area contributed by atoms with Crippen molar-refractivity contribution in [3.8, 4) is 11.3 Å². The third-order valence-electron chi connectivity index (χ3n) is 3.96. The van der Waals surface area contributed by atoms with Crippen molar-refractivity contribution in [2.75, 3.05) is 14.1 Å². The van der Waals surface area contributed by atoms with Crippen molar-refractivity contribution in [2.45, 2.75) is 4.90 Å². The lowest BCUT2D eigenvalue weighted by Crippen LogP contribution is -2.22. The summed E-state index contributed by atoms with van der Waals surface area (Å²) in [7, 11) is 1.24. The van der Waals surface area contributed by atoms with Crippen LogP contribution < -0.4 is 4.80 Å². The number of aromatic nitrogens is 1. The highest BCUT2D eigenvalue weighted by molar-refractivity contribution is 9.10. The number of halogens is 2. The van der Waals surface area contributed by atoms with E-state index in [1.807, 2.05) is 47.3 Å². The van der Waals surface area contributed by atoms with Gasteiger partial charge in [-0.15, -0.1) is 11.3 Å². The Hall–Kier alpha value is -1.45. The molecule has 1 heterocycles. The Morgan fingerprint density at radius 1 is 1.15 bits per heavy atom. The van der Waals surface area contributed by atoms with Crippen molar-refractivity contribution >= 4 is 54.6 Å². The SMILES string of the molecule is CN(C)S(=O)(=O)c1cc(-c2cs/c(=N/c3ccc(Br)cc3)n2C)ccc1Cl. The predicted octanol–water partition coefficient (Wildman–Crippen LogP) is 4.65. The molecule has 0 unspecified atom stereocenters. The highest BCUT2D eigenvalue weighted by Gasteiger charge is 2.22. The summed E-state index contributed by atoms with van der Waals surface area (Å²) in [5.74, 6) is 0. The maximum absolute atomic E-state index is 12.5. The second kappa shape index (κ2) is 7.89. The molecule has 3 rings (SSSR count). The van der Waals surface area contributed by atoms with Gasteiger partial charge in [0.1, 0.15) is 4.90 Å². The largest absolute Gasteiger partial charge is 0.320 e. The highest BCUT2D eigenvalue weighted by atomic mass is 79.9. The van der Waals surface area contributed by atoms with E-state index >= 15 is 0 Å². The van der Waals surface area contributed by atoms with Crippen molar-refractivity contribution < 1.29 is 8.42 Å². The van der Waals surface area contributed by atoms with Gasteiger partial charge in [-0.3, -0.25) is 0 Å². The van der Waals surface area contributed by atoms with Gasteiger partial charge in [-0.1, -0.05) is 33.6 Å². The summed E-state index contributed by atoms with van der Waals surface area (Å²) in [5.41, 5.74) is 2.47. The lowest BCUT2D eigenvalue weighted by molar-refractivity contribution is 0.521. The Bertz CT molecular complexity index is 1150. The smallest absolute Gasteiger partial charge is 0.244 e. The molecule has 1 aromatic heterocycles. The molecule has 0 atom stereocenters. The normalized spacial score (nSPS) is 12.7. The zero-order chi connectivity index (χ0) is 19.8. The van der Waals surface area contributed by atoms with Crippen molar-refractivity contribution in [1.29, 1.82) is 0 Å². The molecule has 0 bridgehead atoms. The molecule has 0 aliphatic heterocycles. The second-order valence-corrected chi connectivity index (χ2v) is 10.3. The van der Waals surface area contributed by atoms with E-state index in [4.69, 9.17) is 11.6 Å². The Morgan fingerprint density at radius 2 is 1.81 bits per heavy atom. The van der Waals surface area contributed by atoms with Crippen molar-refractivity contribution in [3.63, 3.8) is 0 Å². The van der Waals surface area contributed by atoms with E-state index in [0.717, 1.165) is 30.5 Å². The fraction of sp³-hybridized carbons (Fsp3) is 0.167. The van der Waals surface area contributed by atoms with Gasteiger partial charge in [0.25, 0.3) is 0 Å². The zero-order valence-corrected chi connectivity index (χ0v) is 18.8. The summed E-state index contributed by atoms with van der Waals surface area (Å²) in [6.07, 6.45) is 0. The Kier molecular flexibility index (Phi) is 5.93. The van der Waals surface area contributed by atoms with Crippen LogP contribution >= 0.6 is 38.9 Å². The zero-order valence-electron chi connectivity index (χ0n) is 14.8. The second-order valence-electron chi connectivity index (χ2n) is 5.98. The molecular weight excluding hydrogens is 470 g/mol. The molecule has 2 aromatic carbocycles. The van der Waals surface area contributed by atoms with Crippen LogP contribution in [0.15, 0.2) is 62.2 Å². The predicted molar refractivity (Wildman–Crippen MR) is 114 cm³/mol. The van der Waals surface area contributed by atoms with E-state index in [9.17, 15) is 8.42 Å². The Balaban J connectivity index is 2.09. The van der Waals surface area contributed by atoms with Crippen LogP contribution in [0.25, 0.3) is 11.3 Å². The van der Waals surface area contributed by atoms with E-state index < -0.39 is 10.0 Å². The van der Waals surface area contributed by atoms with Crippen LogP contribution in [0, 0.1) is 0 Å². The molecule has 0 spiro atoms. The van der Waals surface area contributed by atoms with E-state index in [1.165, 1.54) is 25.4 Å². The molecule has 0 amide bonds. The first-order valence-electron chi connectivity index (χ1n) is 7.87. The topological polar surface area (TPSA) is 54.7 Å². The molecule has 0 aliphatic rings. The molecule has 0 N–H and O–H groups in total. The van der Waals surface area contributed by atoms with Crippen LogP contribution in [0.2, 0.25) is 5.02 Å². The lowest BCUT2D eigenvalue weighted by Gasteiger charge is -2.14. The summed E-state index contributed by atoms with van der Waals surface area (Å²) in [4.78, 5) is 5.55. The van der Waals surface area contributed by atoms with Gasteiger partial charge in [-0.25, -0.2) is 17.7 Å². The lowest BCUT2D eigenvalue weighted by atomic mass is 10.2. The number of hydrogen-bond acceptors (Lipinski definition) is 4. The average Bonchev–Trinajstić information content (AvgIpc) is 2.98. The van der Waals surface area contributed by atoms with Crippen LogP contribution in [0.4, 0.5) is 5.69 Å². The number of benzene rings is 2. The molecule has 142 valence electrons. The first-order chi connectivity index (χ1) is 12.7. The van der Waals surface area contributed by atoms with Gasteiger partial charge in [-0.2, -0.15) is 0 Å². The van der Waals surface area contributed by atoms with Crippen LogP contribution in [-0.2, 0) is 17.1 Å². The minimum atomic E-state index is -3.63. The number of thiazole rings is 1. The Morgan fingerprint density at radius 3 is 2.44 bits per heavy atom. The molecule has 3 aromatic rings. The van der Waals surface area contributed by atoms with E-state index in [0.29, 0.717) is 0 Å². The van der Waals surface area contributed by atoms with Gasteiger partial charge in [0, 0.05) is 36.6 Å². The minimum Gasteiger partial charge on any atom is -0.320 e. The monoisotopic (exact) mass is 485 g/mol. The molecule has 0 saturated heterocycles. The molecular formula is C18H17BrClN3O2S2. The minimum absolute atomic E-state index is 0.0873. The summed E-state index contributed by atoms with van der Waals surface area (Å²) >= 11 is 11.0. The first-order valence-corrected chi connectivity index (χ1v) is 11.4. The number of nitrogens with zero attached hydrogens (tertiary/aromatic N) is 3. The van der Waals surface area contributed by atoms with Gasteiger partial charge in [0.15, 0.2) is 4.80 Å². The quantitative estimate of drug-likeness (QED) is 0.539. The number of hydrogen-bond donors (Lipinski definition) is 0. The molecule has 0 radical (unpaired) electrons. The van der Waals surface area contributed by atoms with E-state index in [1.54, 1.807) is 12.1 Å². The summed E-state index contributed by atoms with van der Waals surface area (Å²) in [5, 5.41) is 2.15. The van der Waals surface area contributed by atoms with Gasteiger partial charge in [-0.05, 0) is 36.4 Å². The summed E-state index contributed by atoms with van der Waals surface area (Å²) in [6.45, 7) is 0. The molecule has 5 nitrogen and oxygen atoms in total. The van der Waals surface area contributed by atoms with Crippen LogP contribution in [-0.4, -0.2) is 31.4 Å². The number of rotatable bonds is 4. The molecule has 0 saturated carbocycles. The maximum Gasteiger partial charge on any atom is 0.244 e. The standard InChI is InChI=1S/C18H17BrClN3O2S2/c1-22(2)27(24,25)17-10-12(4-9-15(17)20)16-11-26-18(23(16)3)21-14-7-5-13(19)6-8-14/h4-11H,1-3H3/b21-18+.